The van der Waals surface area contributed by atoms with Crippen LogP contribution in [-0.4, -0.2) is 73.7 Å². The molecule has 3 amide bonds. The van der Waals surface area contributed by atoms with Gasteiger partial charge >= 0.3 is 6.03 Å². The molecular weight excluding hydrogens is 404 g/mol. The average Bonchev–Trinajstić information content (AvgIpc) is 2.86. The van der Waals surface area contributed by atoms with Crippen LogP contribution in [0.3, 0.4) is 0 Å². The van der Waals surface area contributed by atoms with Crippen molar-refractivity contribution in [3.63, 3.8) is 0 Å². The normalized spacial score (nSPS) is 22.2. The smallest absolute Gasteiger partial charge is 0.324 e. The zero-order chi connectivity index (χ0) is 22.3. The van der Waals surface area contributed by atoms with Gasteiger partial charge in [0.1, 0.15) is 11.9 Å². The summed E-state index contributed by atoms with van der Waals surface area (Å²) >= 11 is 0. The van der Waals surface area contributed by atoms with Crippen molar-refractivity contribution in [1.82, 2.24) is 15.1 Å². The summed E-state index contributed by atoms with van der Waals surface area (Å²) in [5, 5.41) is 3.13. The van der Waals surface area contributed by atoms with Crippen molar-refractivity contribution in [2.75, 3.05) is 50.7 Å². The van der Waals surface area contributed by atoms with Crippen LogP contribution >= 0.6 is 0 Å². The number of amides is 3. The summed E-state index contributed by atoms with van der Waals surface area (Å²) in [4.78, 5) is 32.2. The van der Waals surface area contributed by atoms with Crippen molar-refractivity contribution < 1.29 is 14.3 Å². The minimum Gasteiger partial charge on any atom is -0.486 e. The number of carbonyl (C=O) groups excluding carboxylic acids is 2. The van der Waals surface area contributed by atoms with Crippen molar-refractivity contribution in [1.29, 1.82) is 0 Å². The third-order valence-corrected chi connectivity index (χ3v) is 7.06. The molecule has 1 N–H and O–H groups in total. The lowest BCUT2D eigenvalue weighted by molar-refractivity contribution is -0.126. The van der Waals surface area contributed by atoms with Gasteiger partial charge in [0.25, 0.3) is 0 Å². The first-order valence-electron chi connectivity index (χ1n) is 12.5. The summed E-state index contributed by atoms with van der Waals surface area (Å²) < 4.78 is 6.01. The highest BCUT2D eigenvalue weighted by Crippen LogP contribution is 2.35. The molecular formula is C25H38N4O3. The summed E-state index contributed by atoms with van der Waals surface area (Å²) in [6, 6.07) is 7.79. The van der Waals surface area contributed by atoms with Crippen LogP contribution in [0.4, 0.5) is 10.5 Å². The second-order valence-electron chi connectivity index (χ2n) is 9.32. The molecule has 7 nitrogen and oxygen atoms in total. The number of nitrogens with zero attached hydrogens (tertiary/aromatic N) is 3. The van der Waals surface area contributed by atoms with E-state index in [9.17, 15) is 9.59 Å². The molecule has 0 aliphatic carbocycles. The monoisotopic (exact) mass is 442 g/mol. The van der Waals surface area contributed by atoms with Gasteiger partial charge in [0.05, 0.1) is 12.2 Å². The van der Waals surface area contributed by atoms with Crippen LogP contribution in [0.15, 0.2) is 24.3 Å². The molecule has 3 aliphatic heterocycles. The van der Waals surface area contributed by atoms with E-state index >= 15 is 0 Å². The first-order chi connectivity index (χ1) is 15.7. The number of urea groups is 1. The minimum absolute atomic E-state index is 0.00871. The third-order valence-electron chi connectivity index (χ3n) is 7.06. The number of benzene rings is 1. The van der Waals surface area contributed by atoms with Gasteiger partial charge in [-0.25, -0.2) is 4.79 Å². The fourth-order valence-electron chi connectivity index (χ4n) is 5.04. The zero-order valence-corrected chi connectivity index (χ0v) is 19.4. The van der Waals surface area contributed by atoms with Gasteiger partial charge in [0, 0.05) is 25.6 Å². The van der Waals surface area contributed by atoms with E-state index in [4.69, 9.17) is 4.74 Å². The maximum absolute atomic E-state index is 13.3. The molecule has 2 saturated heterocycles. The Bertz CT molecular complexity index is 772. The van der Waals surface area contributed by atoms with Gasteiger partial charge < -0.3 is 19.9 Å². The largest absolute Gasteiger partial charge is 0.486 e. The van der Waals surface area contributed by atoms with Gasteiger partial charge in [-0.05, 0) is 70.3 Å². The molecule has 1 atom stereocenters. The van der Waals surface area contributed by atoms with Crippen LogP contribution in [0.25, 0.3) is 0 Å². The molecule has 176 valence electrons. The number of piperidine rings is 2. The molecule has 0 unspecified atom stereocenters. The molecule has 2 fully saturated rings. The predicted molar refractivity (Wildman–Crippen MR) is 126 cm³/mol. The number of hydrogen-bond donors (Lipinski definition) is 1. The molecule has 4 rings (SSSR count). The van der Waals surface area contributed by atoms with Gasteiger partial charge in [-0.15, -0.1) is 0 Å². The number of carbonyl (C=O) groups is 2. The fourth-order valence-corrected chi connectivity index (χ4v) is 5.04. The number of ether oxygens (including phenoxy) is 1. The summed E-state index contributed by atoms with van der Waals surface area (Å²) in [5.41, 5.74) is 0.843. The molecule has 3 aliphatic rings. The molecule has 0 saturated carbocycles. The van der Waals surface area contributed by atoms with Gasteiger partial charge in [-0.1, -0.05) is 25.5 Å². The van der Waals surface area contributed by atoms with E-state index in [0.29, 0.717) is 19.6 Å². The first kappa shape index (κ1) is 22.9. The number of nitrogens with one attached hydrogen (secondary N) is 1. The Kier molecular flexibility index (Phi) is 7.90. The molecule has 3 heterocycles. The third kappa shape index (κ3) is 5.55. The van der Waals surface area contributed by atoms with Crippen LogP contribution in [0.1, 0.15) is 51.9 Å². The van der Waals surface area contributed by atoms with Gasteiger partial charge in [0.15, 0.2) is 0 Å². The molecule has 0 aromatic heterocycles. The number of anilines is 1. The van der Waals surface area contributed by atoms with E-state index in [-0.39, 0.29) is 24.0 Å². The van der Waals surface area contributed by atoms with Crippen LogP contribution < -0.4 is 15.0 Å². The highest BCUT2D eigenvalue weighted by atomic mass is 16.5. The molecule has 1 aromatic rings. The lowest BCUT2D eigenvalue weighted by Crippen LogP contribution is -2.52. The average molecular weight is 443 g/mol. The fraction of sp³-hybridized carbons (Fsp3) is 0.680. The van der Waals surface area contributed by atoms with E-state index in [2.05, 4.69) is 17.1 Å². The van der Waals surface area contributed by atoms with Crippen molar-refractivity contribution >= 4 is 17.6 Å². The number of rotatable bonds is 6. The summed E-state index contributed by atoms with van der Waals surface area (Å²) in [6.07, 6.45) is 7.31. The Balaban J connectivity index is 1.22. The Labute approximate surface area is 192 Å². The van der Waals surface area contributed by atoms with Crippen molar-refractivity contribution in [3.05, 3.63) is 24.3 Å². The van der Waals surface area contributed by atoms with E-state index in [0.717, 1.165) is 50.2 Å². The van der Waals surface area contributed by atoms with Gasteiger partial charge in [0.2, 0.25) is 5.91 Å². The molecule has 0 spiro atoms. The second kappa shape index (κ2) is 11.0. The highest BCUT2D eigenvalue weighted by Gasteiger charge is 2.34. The van der Waals surface area contributed by atoms with Crippen LogP contribution in [0.5, 0.6) is 5.75 Å². The molecule has 0 bridgehead atoms. The Morgan fingerprint density at radius 1 is 1.06 bits per heavy atom. The topological polar surface area (TPSA) is 65.1 Å². The molecule has 0 radical (unpaired) electrons. The van der Waals surface area contributed by atoms with Crippen LogP contribution in [0, 0.1) is 5.92 Å². The number of hydrogen-bond acceptors (Lipinski definition) is 4. The quantitative estimate of drug-likeness (QED) is 0.685. The summed E-state index contributed by atoms with van der Waals surface area (Å²) in [6.45, 7) is 8.13. The Hall–Kier alpha value is -2.28. The van der Waals surface area contributed by atoms with E-state index in [1.54, 1.807) is 0 Å². The van der Waals surface area contributed by atoms with Gasteiger partial charge in [-0.2, -0.15) is 0 Å². The standard InChI is InChI=1S/C25H38N4O3/c1-2-21-19-29(22-9-4-5-10-23(22)32-21)25(31)28-17-11-20(12-18-28)24(30)26-13-8-16-27-14-6-3-7-15-27/h4-5,9-10,20-21H,2-3,6-8,11-19H2,1H3,(H,26,30)/t21-/m0/s1. The Morgan fingerprint density at radius 3 is 2.56 bits per heavy atom. The van der Waals surface area contributed by atoms with Crippen molar-refractivity contribution in [2.45, 2.75) is 58.0 Å². The lowest BCUT2D eigenvalue weighted by Gasteiger charge is -2.39. The predicted octanol–water partition coefficient (Wildman–Crippen LogP) is 3.49. The lowest BCUT2D eigenvalue weighted by atomic mass is 9.96. The second-order valence-corrected chi connectivity index (χ2v) is 9.32. The van der Waals surface area contributed by atoms with E-state index in [1.165, 1.54) is 32.4 Å². The summed E-state index contributed by atoms with van der Waals surface area (Å²) in [7, 11) is 0. The van der Waals surface area contributed by atoms with Crippen molar-refractivity contribution in [3.8, 4) is 5.75 Å². The van der Waals surface area contributed by atoms with E-state index < -0.39 is 0 Å². The molecule has 7 heteroatoms. The zero-order valence-electron chi connectivity index (χ0n) is 19.4. The van der Waals surface area contributed by atoms with E-state index in [1.807, 2.05) is 34.1 Å². The maximum atomic E-state index is 13.3. The van der Waals surface area contributed by atoms with Crippen LogP contribution in [0.2, 0.25) is 0 Å². The minimum atomic E-state index is 0.00871. The number of fused-ring (bicyclic) bond motifs is 1. The maximum Gasteiger partial charge on any atom is 0.324 e. The molecule has 32 heavy (non-hydrogen) atoms. The van der Waals surface area contributed by atoms with Gasteiger partial charge in [-0.3, -0.25) is 9.69 Å². The number of likely N-dealkylation sites (tertiary alicyclic amines) is 2. The first-order valence-corrected chi connectivity index (χ1v) is 12.5. The van der Waals surface area contributed by atoms with Crippen LogP contribution in [-0.2, 0) is 4.79 Å². The van der Waals surface area contributed by atoms with Crippen molar-refractivity contribution in [2.24, 2.45) is 5.92 Å². The SMILES string of the molecule is CC[C@H]1CN(C(=O)N2CCC(C(=O)NCCCN3CCCCC3)CC2)c2ccccc2O1. The Morgan fingerprint density at radius 2 is 1.81 bits per heavy atom. The molecule has 1 aromatic carbocycles. The highest BCUT2D eigenvalue weighted by molar-refractivity contribution is 5.94. The number of para-hydroxylation sites is 2. The summed E-state index contributed by atoms with van der Waals surface area (Å²) in [5.74, 6) is 0.936.